The lowest BCUT2D eigenvalue weighted by Gasteiger charge is -2.09. The minimum absolute atomic E-state index is 0.367. The molecule has 1 aromatic carbocycles. The molecule has 0 aromatic heterocycles. The highest BCUT2D eigenvalue weighted by molar-refractivity contribution is 7.99. The van der Waals surface area contributed by atoms with Gasteiger partial charge in [0, 0.05) is 16.8 Å². The van der Waals surface area contributed by atoms with Gasteiger partial charge in [0.15, 0.2) is 5.11 Å². The molecular formula is C14H19F2N3S2. The number of thioether (sulfide) groups is 1. The fourth-order valence-corrected chi connectivity index (χ4v) is 2.25. The van der Waals surface area contributed by atoms with Gasteiger partial charge >= 0.3 is 0 Å². The Hall–Kier alpha value is -1.21. The Labute approximate surface area is 133 Å². The summed E-state index contributed by atoms with van der Waals surface area (Å²) in [5.41, 5.74) is 3.47. The summed E-state index contributed by atoms with van der Waals surface area (Å²) in [4.78, 5) is 0.515. The molecule has 3 nitrogen and oxygen atoms in total. The topological polar surface area (TPSA) is 36.4 Å². The predicted molar refractivity (Wildman–Crippen MR) is 90.2 cm³/mol. The molecule has 1 rings (SSSR count). The molecule has 0 atom stereocenters. The van der Waals surface area contributed by atoms with Gasteiger partial charge in [-0.2, -0.15) is 13.9 Å². The van der Waals surface area contributed by atoms with Crippen LogP contribution in [0.25, 0.3) is 0 Å². The van der Waals surface area contributed by atoms with Crippen LogP contribution in [0.15, 0.2) is 34.3 Å². The van der Waals surface area contributed by atoms with Gasteiger partial charge in [-0.1, -0.05) is 25.6 Å². The SMILES string of the molecule is CCC(/C=N\NC(=S)Nc1ccc(SC(F)F)cc1)CC. The molecule has 0 spiro atoms. The Kier molecular flexibility index (Phi) is 8.22. The number of hydrogen-bond acceptors (Lipinski definition) is 3. The summed E-state index contributed by atoms with van der Waals surface area (Å²) >= 11 is 5.62. The van der Waals surface area contributed by atoms with Crippen molar-refractivity contribution in [2.45, 2.75) is 37.3 Å². The predicted octanol–water partition coefficient (Wildman–Crippen LogP) is 4.71. The molecule has 21 heavy (non-hydrogen) atoms. The van der Waals surface area contributed by atoms with Crippen LogP contribution in [0.3, 0.4) is 0 Å². The molecule has 0 unspecified atom stereocenters. The van der Waals surface area contributed by atoms with Gasteiger partial charge in [-0.25, -0.2) is 0 Å². The van der Waals surface area contributed by atoms with E-state index in [4.69, 9.17) is 12.2 Å². The third-order valence-corrected chi connectivity index (χ3v) is 3.75. The number of hydrazone groups is 1. The van der Waals surface area contributed by atoms with Crippen molar-refractivity contribution < 1.29 is 8.78 Å². The Morgan fingerprint density at radius 3 is 2.43 bits per heavy atom. The second-order valence-electron chi connectivity index (χ2n) is 4.32. The second-order valence-corrected chi connectivity index (χ2v) is 5.80. The largest absolute Gasteiger partial charge is 0.331 e. The lowest BCUT2D eigenvalue weighted by Crippen LogP contribution is -2.24. The number of alkyl halides is 2. The first-order valence-electron chi connectivity index (χ1n) is 6.70. The molecule has 0 amide bonds. The van der Waals surface area contributed by atoms with Crippen molar-refractivity contribution in [1.29, 1.82) is 0 Å². The number of hydrogen-bond donors (Lipinski definition) is 2. The first-order chi connectivity index (χ1) is 10.0. The molecule has 1 aromatic rings. The van der Waals surface area contributed by atoms with E-state index in [9.17, 15) is 8.78 Å². The molecule has 0 fully saturated rings. The maximum atomic E-state index is 12.2. The lowest BCUT2D eigenvalue weighted by atomic mass is 10.1. The molecule has 0 radical (unpaired) electrons. The maximum absolute atomic E-state index is 12.2. The van der Waals surface area contributed by atoms with Gasteiger partial charge in [0.2, 0.25) is 0 Å². The van der Waals surface area contributed by atoms with Crippen molar-refractivity contribution in [3.8, 4) is 0 Å². The molecule has 0 saturated heterocycles. The van der Waals surface area contributed by atoms with E-state index in [1.54, 1.807) is 24.3 Å². The fraction of sp³-hybridized carbons (Fsp3) is 0.429. The molecule has 2 N–H and O–H groups in total. The Balaban J connectivity index is 2.44. The highest BCUT2D eigenvalue weighted by Crippen LogP contribution is 2.26. The van der Waals surface area contributed by atoms with E-state index in [1.165, 1.54) is 0 Å². The van der Waals surface area contributed by atoms with Crippen molar-refractivity contribution in [2.75, 3.05) is 5.32 Å². The summed E-state index contributed by atoms with van der Waals surface area (Å²) < 4.78 is 24.4. The zero-order valence-electron chi connectivity index (χ0n) is 12.0. The molecule has 0 aliphatic heterocycles. The Morgan fingerprint density at radius 1 is 1.29 bits per heavy atom. The summed E-state index contributed by atoms with van der Waals surface area (Å²) in [5.74, 6) is -1.98. The van der Waals surface area contributed by atoms with Crippen LogP contribution >= 0.6 is 24.0 Å². The quantitative estimate of drug-likeness (QED) is 0.328. The number of thiocarbonyl (C=S) groups is 1. The van der Waals surface area contributed by atoms with Gasteiger partial charge in [0.1, 0.15) is 0 Å². The van der Waals surface area contributed by atoms with Crippen molar-refractivity contribution in [2.24, 2.45) is 11.0 Å². The van der Waals surface area contributed by atoms with Gasteiger partial charge in [0.25, 0.3) is 5.76 Å². The average molecular weight is 331 g/mol. The van der Waals surface area contributed by atoms with Gasteiger partial charge in [-0.3, -0.25) is 5.43 Å². The average Bonchev–Trinajstić information content (AvgIpc) is 2.45. The van der Waals surface area contributed by atoms with Gasteiger partial charge < -0.3 is 5.32 Å². The minimum Gasteiger partial charge on any atom is -0.331 e. The van der Waals surface area contributed by atoms with Gasteiger partial charge in [-0.15, -0.1) is 0 Å². The van der Waals surface area contributed by atoms with Crippen LogP contribution < -0.4 is 10.7 Å². The van der Waals surface area contributed by atoms with Crippen LogP contribution in [0.1, 0.15) is 26.7 Å². The zero-order valence-corrected chi connectivity index (χ0v) is 13.6. The number of rotatable bonds is 7. The van der Waals surface area contributed by atoms with E-state index < -0.39 is 5.76 Å². The third kappa shape index (κ3) is 7.38. The van der Waals surface area contributed by atoms with Crippen LogP contribution in [0, 0.1) is 5.92 Å². The van der Waals surface area contributed by atoms with Crippen molar-refractivity contribution in [3.05, 3.63) is 24.3 Å². The Bertz CT molecular complexity index is 460. The van der Waals surface area contributed by atoms with Gasteiger partial charge in [0.05, 0.1) is 0 Å². The van der Waals surface area contributed by atoms with Crippen LogP contribution in [0.2, 0.25) is 0 Å². The molecule has 0 aliphatic carbocycles. The third-order valence-electron chi connectivity index (χ3n) is 2.84. The van der Waals surface area contributed by atoms with Crippen LogP contribution in [0.5, 0.6) is 0 Å². The van der Waals surface area contributed by atoms with E-state index in [2.05, 4.69) is 29.7 Å². The molecule has 0 heterocycles. The smallest absolute Gasteiger partial charge is 0.288 e. The normalized spacial score (nSPS) is 11.3. The molecule has 0 saturated carbocycles. The summed E-state index contributed by atoms with van der Waals surface area (Å²) in [6.07, 6.45) is 3.91. The van der Waals surface area contributed by atoms with E-state index >= 15 is 0 Å². The van der Waals surface area contributed by atoms with E-state index in [-0.39, 0.29) is 0 Å². The van der Waals surface area contributed by atoms with Gasteiger partial charge in [-0.05, 0) is 55.2 Å². The summed E-state index contributed by atoms with van der Waals surface area (Å²) in [6, 6.07) is 6.64. The van der Waals surface area contributed by atoms with E-state index in [1.807, 2.05) is 6.21 Å². The minimum atomic E-state index is -2.41. The highest BCUT2D eigenvalue weighted by Gasteiger charge is 2.05. The van der Waals surface area contributed by atoms with E-state index in [0.29, 0.717) is 27.7 Å². The molecule has 116 valence electrons. The van der Waals surface area contributed by atoms with Crippen molar-refractivity contribution in [1.82, 2.24) is 5.43 Å². The van der Waals surface area contributed by atoms with Crippen LogP contribution in [0.4, 0.5) is 14.5 Å². The first-order valence-corrected chi connectivity index (χ1v) is 7.99. The summed E-state index contributed by atoms with van der Waals surface area (Å²) in [5, 5.41) is 7.39. The standard InChI is InChI=1S/C14H19F2N3S2/c1-3-10(4-2)9-17-19-14(20)18-11-5-7-12(8-6-11)21-13(15)16/h5-10,13H,3-4H2,1-2H3,(H2,18,19,20)/b17-9-. The molecule has 7 heteroatoms. The van der Waals surface area contributed by atoms with Crippen LogP contribution in [-0.4, -0.2) is 17.1 Å². The monoisotopic (exact) mass is 331 g/mol. The van der Waals surface area contributed by atoms with E-state index in [0.717, 1.165) is 18.5 Å². The van der Waals surface area contributed by atoms with Crippen LogP contribution in [-0.2, 0) is 0 Å². The van der Waals surface area contributed by atoms with Crippen molar-refractivity contribution >= 4 is 41.0 Å². The number of nitrogens with zero attached hydrogens (tertiary/aromatic N) is 1. The highest BCUT2D eigenvalue weighted by atomic mass is 32.2. The number of anilines is 1. The van der Waals surface area contributed by atoms with Crippen molar-refractivity contribution in [3.63, 3.8) is 0 Å². The second kappa shape index (κ2) is 9.68. The number of nitrogens with one attached hydrogen (secondary N) is 2. The Morgan fingerprint density at radius 2 is 1.90 bits per heavy atom. The molecular weight excluding hydrogens is 312 g/mol. The summed E-state index contributed by atoms with van der Waals surface area (Å²) in [6.45, 7) is 4.21. The first kappa shape index (κ1) is 17.8. The number of benzene rings is 1. The zero-order chi connectivity index (χ0) is 15.7. The molecule has 0 aliphatic rings. The maximum Gasteiger partial charge on any atom is 0.288 e. The fourth-order valence-electron chi connectivity index (χ4n) is 1.58. The lowest BCUT2D eigenvalue weighted by molar-refractivity contribution is 0.252. The number of halogens is 2. The molecule has 0 bridgehead atoms. The summed E-state index contributed by atoms with van der Waals surface area (Å²) in [7, 11) is 0.